The summed E-state index contributed by atoms with van der Waals surface area (Å²) < 4.78 is 1.98. The number of rotatable bonds is 7. The van der Waals surface area contributed by atoms with E-state index in [-0.39, 0.29) is 0 Å². The maximum atomic E-state index is 6.26. The minimum absolute atomic E-state index is 0.798. The lowest BCUT2D eigenvalue weighted by molar-refractivity contribution is 0.321. The van der Waals surface area contributed by atoms with Crippen LogP contribution in [0.25, 0.3) is 0 Å². The van der Waals surface area contributed by atoms with Crippen molar-refractivity contribution in [2.45, 2.75) is 45.8 Å². The summed E-state index contributed by atoms with van der Waals surface area (Å²) >= 11 is 6.26. The van der Waals surface area contributed by atoms with Crippen LogP contribution in [0.2, 0.25) is 5.02 Å². The van der Waals surface area contributed by atoms with Crippen molar-refractivity contribution in [3.8, 4) is 0 Å². The Hall–Kier alpha value is -0.580. The molecular weight excluding hydrogens is 248 g/mol. The Morgan fingerprint density at radius 3 is 2.83 bits per heavy atom. The summed E-state index contributed by atoms with van der Waals surface area (Å²) in [5, 5.41) is 8.68. The average Bonchev–Trinajstić information content (AvgIpc) is 3.16. The molecule has 0 saturated heterocycles. The normalized spacial score (nSPS) is 15.6. The molecule has 1 heterocycles. The first-order chi connectivity index (χ1) is 8.63. The van der Waals surface area contributed by atoms with Crippen LogP contribution in [-0.4, -0.2) is 40.9 Å². The number of hydrogen-bond acceptors (Lipinski definition) is 3. The summed E-state index contributed by atoms with van der Waals surface area (Å²) in [6, 6.07) is 0.832. The lowest BCUT2D eigenvalue weighted by Crippen LogP contribution is -2.30. The van der Waals surface area contributed by atoms with Crippen LogP contribution in [0.5, 0.6) is 0 Å². The predicted molar refractivity (Wildman–Crippen MR) is 75.0 cm³/mol. The maximum Gasteiger partial charge on any atom is 0.0860 e. The molecule has 0 radical (unpaired) electrons. The number of aromatic nitrogens is 2. The van der Waals surface area contributed by atoms with Crippen molar-refractivity contribution in [3.05, 3.63) is 16.4 Å². The van der Waals surface area contributed by atoms with Crippen molar-refractivity contribution < 1.29 is 0 Å². The van der Waals surface area contributed by atoms with Gasteiger partial charge in [0.1, 0.15) is 0 Å². The third kappa shape index (κ3) is 3.25. The van der Waals surface area contributed by atoms with E-state index in [9.17, 15) is 0 Å². The van der Waals surface area contributed by atoms with Gasteiger partial charge in [-0.2, -0.15) is 5.10 Å². The fourth-order valence-electron chi connectivity index (χ4n) is 2.20. The SMILES string of the molecule is CCn1nc(C)c(Cl)c1CNCCN(C)C1CC1. The maximum absolute atomic E-state index is 6.26. The molecule has 5 heteroatoms. The zero-order valence-corrected chi connectivity index (χ0v) is 12.3. The van der Waals surface area contributed by atoms with Gasteiger partial charge >= 0.3 is 0 Å². The molecule has 0 aromatic carbocycles. The Balaban J connectivity index is 1.78. The van der Waals surface area contributed by atoms with E-state index in [4.69, 9.17) is 11.6 Å². The molecule has 1 aromatic heterocycles. The minimum Gasteiger partial charge on any atom is -0.310 e. The Bertz CT molecular complexity index is 398. The highest BCUT2D eigenvalue weighted by molar-refractivity contribution is 6.31. The van der Waals surface area contributed by atoms with Gasteiger partial charge < -0.3 is 10.2 Å². The highest BCUT2D eigenvalue weighted by Crippen LogP contribution is 2.24. The van der Waals surface area contributed by atoms with Crippen molar-refractivity contribution >= 4 is 11.6 Å². The molecule has 102 valence electrons. The van der Waals surface area contributed by atoms with Crippen molar-refractivity contribution in [3.63, 3.8) is 0 Å². The van der Waals surface area contributed by atoms with Crippen LogP contribution in [-0.2, 0) is 13.1 Å². The molecule has 0 aliphatic heterocycles. The molecule has 1 N–H and O–H groups in total. The van der Waals surface area contributed by atoms with Gasteiger partial charge in [0.25, 0.3) is 0 Å². The van der Waals surface area contributed by atoms with Gasteiger partial charge in [0.2, 0.25) is 0 Å². The third-order valence-corrected chi connectivity index (χ3v) is 4.05. The minimum atomic E-state index is 0.798. The van der Waals surface area contributed by atoms with Gasteiger partial charge in [-0.3, -0.25) is 4.68 Å². The van der Waals surface area contributed by atoms with Gasteiger partial charge in [-0.1, -0.05) is 11.6 Å². The average molecular weight is 271 g/mol. The number of likely N-dealkylation sites (N-methyl/N-ethyl adjacent to an activating group) is 1. The van der Waals surface area contributed by atoms with Gasteiger partial charge in [-0.15, -0.1) is 0 Å². The van der Waals surface area contributed by atoms with Crippen LogP contribution in [0.15, 0.2) is 0 Å². The van der Waals surface area contributed by atoms with E-state index in [1.54, 1.807) is 0 Å². The highest BCUT2D eigenvalue weighted by atomic mass is 35.5. The molecule has 1 saturated carbocycles. The van der Waals surface area contributed by atoms with E-state index in [0.717, 1.165) is 48.6 Å². The second-order valence-electron chi connectivity index (χ2n) is 5.05. The third-order valence-electron chi connectivity index (χ3n) is 3.56. The van der Waals surface area contributed by atoms with E-state index >= 15 is 0 Å². The fraction of sp³-hybridized carbons (Fsp3) is 0.769. The van der Waals surface area contributed by atoms with Crippen LogP contribution >= 0.6 is 11.6 Å². The molecule has 18 heavy (non-hydrogen) atoms. The predicted octanol–water partition coefficient (Wildman–Crippen LogP) is 2.05. The van der Waals surface area contributed by atoms with E-state index < -0.39 is 0 Å². The second-order valence-corrected chi connectivity index (χ2v) is 5.43. The van der Waals surface area contributed by atoms with Crippen molar-refractivity contribution in [2.24, 2.45) is 0 Å². The molecule has 0 spiro atoms. The topological polar surface area (TPSA) is 33.1 Å². The van der Waals surface area contributed by atoms with Gasteiger partial charge in [0.15, 0.2) is 0 Å². The van der Waals surface area contributed by atoms with Gasteiger partial charge in [-0.25, -0.2) is 0 Å². The van der Waals surface area contributed by atoms with Gasteiger partial charge in [-0.05, 0) is 33.7 Å². The van der Waals surface area contributed by atoms with Crippen LogP contribution in [0.1, 0.15) is 31.2 Å². The molecule has 0 atom stereocenters. The molecule has 0 amide bonds. The van der Waals surface area contributed by atoms with Crippen LogP contribution in [0, 0.1) is 6.92 Å². The Morgan fingerprint density at radius 2 is 2.22 bits per heavy atom. The lowest BCUT2D eigenvalue weighted by Gasteiger charge is -2.16. The first kappa shape index (κ1) is 13.8. The van der Waals surface area contributed by atoms with Crippen LogP contribution in [0.4, 0.5) is 0 Å². The van der Waals surface area contributed by atoms with Crippen molar-refractivity contribution in [1.29, 1.82) is 0 Å². The van der Waals surface area contributed by atoms with E-state index in [0.29, 0.717) is 0 Å². The zero-order valence-electron chi connectivity index (χ0n) is 11.5. The largest absolute Gasteiger partial charge is 0.310 e. The highest BCUT2D eigenvalue weighted by Gasteiger charge is 2.25. The Labute approximate surface area is 114 Å². The number of nitrogens with zero attached hydrogens (tertiary/aromatic N) is 3. The smallest absolute Gasteiger partial charge is 0.0860 e. The van der Waals surface area contributed by atoms with E-state index in [1.165, 1.54) is 12.8 Å². The van der Waals surface area contributed by atoms with Crippen LogP contribution < -0.4 is 5.32 Å². The number of aryl methyl sites for hydroxylation is 2. The summed E-state index contributed by atoms with van der Waals surface area (Å²) in [4.78, 5) is 2.43. The molecule has 0 bridgehead atoms. The Morgan fingerprint density at radius 1 is 1.50 bits per heavy atom. The summed E-state index contributed by atoms with van der Waals surface area (Å²) in [7, 11) is 2.20. The zero-order chi connectivity index (χ0) is 13.1. The summed E-state index contributed by atoms with van der Waals surface area (Å²) in [5.74, 6) is 0. The number of halogens is 1. The first-order valence-electron chi connectivity index (χ1n) is 6.76. The van der Waals surface area contributed by atoms with E-state index in [1.807, 2.05) is 11.6 Å². The molecule has 1 fully saturated rings. The molecule has 2 rings (SSSR count). The molecular formula is C13H23ClN4. The molecule has 4 nitrogen and oxygen atoms in total. The van der Waals surface area contributed by atoms with Crippen molar-refractivity contribution in [1.82, 2.24) is 20.0 Å². The lowest BCUT2D eigenvalue weighted by atomic mass is 10.3. The number of nitrogens with one attached hydrogen (secondary N) is 1. The van der Waals surface area contributed by atoms with Crippen LogP contribution in [0.3, 0.4) is 0 Å². The molecule has 1 aromatic rings. The molecule has 1 aliphatic carbocycles. The quantitative estimate of drug-likeness (QED) is 0.770. The molecule has 1 aliphatic rings. The van der Waals surface area contributed by atoms with Crippen molar-refractivity contribution in [2.75, 3.05) is 20.1 Å². The summed E-state index contributed by atoms with van der Waals surface area (Å²) in [6.07, 6.45) is 2.73. The van der Waals surface area contributed by atoms with Gasteiger partial charge in [0.05, 0.1) is 16.4 Å². The summed E-state index contributed by atoms with van der Waals surface area (Å²) in [5.41, 5.74) is 2.02. The summed E-state index contributed by atoms with van der Waals surface area (Å²) in [6.45, 7) is 7.81. The first-order valence-corrected chi connectivity index (χ1v) is 7.14. The molecule has 0 unspecified atom stereocenters. The number of hydrogen-bond donors (Lipinski definition) is 1. The fourth-order valence-corrected chi connectivity index (χ4v) is 2.40. The Kier molecular flexibility index (Phi) is 4.65. The second kappa shape index (κ2) is 6.04. The van der Waals surface area contributed by atoms with Gasteiger partial charge in [0, 0.05) is 32.2 Å². The van der Waals surface area contributed by atoms with E-state index in [2.05, 4.69) is 29.3 Å². The standard InChI is InChI=1S/C13H23ClN4/c1-4-18-12(13(14)10(2)16-18)9-15-7-8-17(3)11-5-6-11/h11,15H,4-9H2,1-3H3. The monoisotopic (exact) mass is 270 g/mol.